The van der Waals surface area contributed by atoms with E-state index in [0.717, 1.165) is 54.9 Å². The first-order chi connectivity index (χ1) is 20.7. The highest BCUT2D eigenvalue weighted by atomic mass is 14.3. The molecule has 0 saturated heterocycles. The van der Waals surface area contributed by atoms with E-state index in [0.29, 0.717) is 11.1 Å². The summed E-state index contributed by atoms with van der Waals surface area (Å²) < 4.78 is 0. The standard InChI is InChI=1S/C40H24N2/c41-25-37-24-40(36-18-16-32-20-30(12-14-34(32)22-36)28-9-5-2-6-10-28)38(26-42)23-39(37)35-17-15-31-19-29(11-13-33(31)21-35)27-7-3-1-4-8-27/h1-24H. The molecule has 2 heteroatoms. The monoisotopic (exact) mass is 532 g/mol. The van der Waals surface area contributed by atoms with Gasteiger partial charge in [-0.1, -0.05) is 109 Å². The third-order valence-electron chi connectivity index (χ3n) is 7.92. The second-order valence-corrected chi connectivity index (χ2v) is 10.5. The number of hydrogen-bond donors (Lipinski definition) is 0. The first kappa shape index (κ1) is 25.0. The Kier molecular flexibility index (Phi) is 6.29. The van der Waals surface area contributed by atoms with E-state index in [1.54, 1.807) is 0 Å². The van der Waals surface area contributed by atoms with E-state index in [1.165, 1.54) is 11.1 Å². The molecular formula is C40H24N2. The van der Waals surface area contributed by atoms with E-state index in [4.69, 9.17) is 0 Å². The van der Waals surface area contributed by atoms with Crippen molar-refractivity contribution in [3.05, 3.63) is 157 Å². The van der Waals surface area contributed by atoms with Crippen LogP contribution in [0, 0.1) is 22.7 Å². The van der Waals surface area contributed by atoms with Crippen molar-refractivity contribution in [3.8, 4) is 56.6 Å². The molecule has 42 heavy (non-hydrogen) atoms. The lowest BCUT2D eigenvalue weighted by Gasteiger charge is -2.13. The Bertz CT molecular complexity index is 2040. The van der Waals surface area contributed by atoms with E-state index in [9.17, 15) is 10.5 Å². The predicted molar refractivity (Wildman–Crippen MR) is 173 cm³/mol. The van der Waals surface area contributed by atoms with Gasteiger partial charge in [0.25, 0.3) is 0 Å². The van der Waals surface area contributed by atoms with Crippen molar-refractivity contribution in [3.63, 3.8) is 0 Å². The van der Waals surface area contributed by atoms with Crippen molar-refractivity contribution in [2.24, 2.45) is 0 Å². The summed E-state index contributed by atoms with van der Waals surface area (Å²) in [5.41, 5.74) is 9.13. The number of rotatable bonds is 4. The fourth-order valence-corrected chi connectivity index (χ4v) is 5.71. The zero-order valence-electron chi connectivity index (χ0n) is 22.8. The number of nitriles is 2. The Labute approximate surface area is 245 Å². The Balaban J connectivity index is 1.27. The number of nitrogens with zero attached hydrogens (tertiary/aromatic N) is 2. The minimum atomic E-state index is 0.545. The fraction of sp³-hybridized carbons (Fsp3) is 0. The van der Waals surface area contributed by atoms with Gasteiger partial charge in [-0.3, -0.25) is 0 Å². The van der Waals surface area contributed by atoms with Crippen molar-refractivity contribution in [1.29, 1.82) is 10.5 Å². The minimum Gasteiger partial charge on any atom is -0.192 e. The summed E-state index contributed by atoms with van der Waals surface area (Å²) in [4.78, 5) is 0. The van der Waals surface area contributed by atoms with Crippen LogP contribution in [-0.4, -0.2) is 0 Å². The van der Waals surface area contributed by atoms with Crippen LogP contribution in [0.5, 0.6) is 0 Å². The van der Waals surface area contributed by atoms with Crippen LogP contribution in [0.15, 0.2) is 146 Å². The molecule has 0 aliphatic heterocycles. The van der Waals surface area contributed by atoms with Crippen LogP contribution >= 0.6 is 0 Å². The fourth-order valence-electron chi connectivity index (χ4n) is 5.71. The molecule has 7 aromatic carbocycles. The van der Waals surface area contributed by atoms with Crippen molar-refractivity contribution >= 4 is 21.5 Å². The first-order valence-corrected chi connectivity index (χ1v) is 13.9. The molecule has 0 bridgehead atoms. The van der Waals surface area contributed by atoms with Crippen molar-refractivity contribution in [2.75, 3.05) is 0 Å². The molecule has 0 aliphatic rings. The quantitative estimate of drug-likeness (QED) is 0.226. The molecule has 0 N–H and O–H groups in total. The maximum absolute atomic E-state index is 10.2. The molecule has 0 saturated carbocycles. The SMILES string of the molecule is N#Cc1cc(-c2ccc3cc(-c4ccccc4)ccc3c2)c(C#N)cc1-c1ccc2cc(-c3ccccc3)ccc2c1. The second-order valence-electron chi connectivity index (χ2n) is 10.5. The number of benzene rings is 7. The van der Waals surface area contributed by atoms with Gasteiger partial charge in [0.05, 0.1) is 23.3 Å². The van der Waals surface area contributed by atoms with Gasteiger partial charge >= 0.3 is 0 Å². The summed E-state index contributed by atoms with van der Waals surface area (Å²) in [5, 5.41) is 24.8. The molecule has 7 rings (SSSR count). The van der Waals surface area contributed by atoms with Crippen molar-refractivity contribution < 1.29 is 0 Å². The van der Waals surface area contributed by atoms with E-state index < -0.39 is 0 Å². The van der Waals surface area contributed by atoms with Gasteiger partial charge in [-0.25, -0.2) is 0 Å². The second kappa shape index (κ2) is 10.5. The van der Waals surface area contributed by atoms with Crippen LogP contribution in [0.4, 0.5) is 0 Å². The third kappa shape index (κ3) is 4.58. The smallest absolute Gasteiger partial charge is 0.0998 e. The number of fused-ring (bicyclic) bond motifs is 2. The summed E-state index contributed by atoms with van der Waals surface area (Å²) >= 11 is 0. The van der Waals surface area contributed by atoms with Crippen LogP contribution < -0.4 is 0 Å². The minimum absolute atomic E-state index is 0.545. The first-order valence-electron chi connectivity index (χ1n) is 13.9. The van der Waals surface area contributed by atoms with Crippen LogP contribution in [0.25, 0.3) is 66.1 Å². The average molecular weight is 533 g/mol. The van der Waals surface area contributed by atoms with Gasteiger partial charge in [0.2, 0.25) is 0 Å². The van der Waals surface area contributed by atoms with Crippen molar-refractivity contribution in [2.45, 2.75) is 0 Å². The molecule has 0 aromatic heterocycles. The Morgan fingerprint density at radius 2 is 0.643 bits per heavy atom. The summed E-state index contributed by atoms with van der Waals surface area (Å²) in [6.07, 6.45) is 0. The van der Waals surface area contributed by atoms with Gasteiger partial charge in [0, 0.05) is 11.1 Å². The Hall–Kier alpha value is -5.96. The zero-order chi connectivity index (χ0) is 28.5. The lowest BCUT2D eigenvalue weighted by atomic mass is 9.89. The summed E-state index contributed by atoms with van der Waals surface area (Å²) in [7, 11) is 0. The average Bonchev–Trinajstić information content (AvgIpc) is 3.07. The summed E-state index contributed by atoms with van der Waals surface area (Å²) in [5.74, 6) is 0. The molecule has 0 aliphatic carbocycles. The highest BCUT2D eigenvalue weighted by Gasteiger charge is 2.14. The van der Waals surface area contributed by atoms with Gasteiger partial charge in [-0.05, 0) is 91.3 Å². The molecule has 2 nitrogen and oxygen atoms in total. The van der Waals surface area contributed by atoms with Gasteiger partial charge in [-0.2, -0.15) is 10.5 Å². The molecule has 194 valence electrons. The lowest BCUT2D eigenvalue weighted by Crippen LogP contribution is -1.92. The van der Waals surface area contributed by atoms with Crippen LogP contribution in [0.1, 0.15) is 11.1 Å². The zero-order valence-corrected chi connectivity index (χ0v) is 22.8. The summed E-state index contributed by atoms with van der Waals surface area (Å²) in [6, 6.07) is 54.4. The molecule has 0 spiro atoms. The number of hydrogen-bond acceptors (Lipinski definition) is 2. The van der Waals surface area contributed by atoms with E-state index >= 15 is 0 Å². The van der Waals surface area contributed by atoms with Crippen LogP contribution in [0.3, 0.4) is 0 Å². The molecule has 0 fully saturated rings. The van der Waals surface area contributed by atoms with Crippen LogP contribution in [-0.2, 0) is 0 Å². The van der Waals surface area contributed by atoms with E-state index in [1.807, 2.05) is 60.7 Å². The Morgan fingerprint density at radius 3 is 1.00 bits per heavy atom. The van der Waals surface area contributed by atoms with Gasteiger partial charge < -0.3 is 0 Å². The topological polar surface area (TPSA) is 47.6 Å². The maximum atomic E-state index is 10.2. The van der Waals surface area contributed by atoms with Crippen molar-refractivity contribution in [1.82, 2.24) is 0 Å². The lowest BCUT2D eigenvalue weighted by molar-refractivity contribution is 1.44. The van der Waals surface area contributed by atoms with Gasteiger partial charge in [0.15, 0.2) is 0 Å². The van der Waals surface area contributed by atoms with Gasteiger partial charge in [-0.15, -0.1) is 0 Å². The highest BCUT2D eigenvalue weighted by molar-refractivity contribution is 5.94. The van der Waals surface area contributed by atoms with E-state index in [2.05, 4.69) is 97.1 Å². The highest BCUT2D eigenvalue weighted by Crippen LogP contribution is 2.36. The van der Waals surface area contributed by atoms with Gasteiger partial charge in [0.1, 0.15) is 0 Å². The van der Waals surface area contributed by atoms with Crippen LogP contribution in [0.2, 0.25) is 0 Å². The normalized spacial score (nSPS) is 10.8. The third-order valence-corrected chi connectivity index (χ3v) is 7.92. The Morgan fingerprint density at radius 1 is 0.310 bits per heavy atom. The predicted octanol–water partition coefficient (Wildman–Crippen LogP) is 10.4. The molecule has 0 atom stereocenters. The molecule has 0 radical (unpaired) electrons. The molecular weight excluding hydrogens is 508 g/mol. The summed E-state index contributed by atoms with van der Waals surface area (Å²) in [6.45, 7) is 0. The largest absolute Gasteiger partial charge is 0.192 e. The molecule has 0 amide bonds. The van der Waals surface area contributed by atoms with E-state index in [-0.39, 0.29) is 0 Å². The maximum Gasteiger partial charge on any atom is 0.0998 e. The molecule has 0 heterocycles. The molecule has 7 aromatic rings. The molecule has 0 unspecified atom stereocenters.